The number of carbonyl (C=O) groups is 1. The molecule has 0 amide bonds. The molecule has 0 bridgehead atoms. The fraction of sp³-hybridized carbons (Fsp3) is 0.667. The van der Waals surface area contributed by atoms with Gasteiger partial charge in [-0.15, -0.1) is 0 Å². The molecule has 1 aromatic heterocycles. The maximum absolute atomic E-state index is 10.8. The summed E-state index contributed by atoms with van der Waals surface area (Å²) in [6, 6.07) is 0. The zero-order valence-electron chi connectivity index (χ0n) is 10.5. The highest BCUT2D eigenvalue weighted by Crippen LogP contribution is 2.41. The molecule has 1 aliphatic rings. The molecule has 0 saturated heterocycles. The van der Waals surface area contributed by atoms with Crippen molar-refractivity contribution >= 4 is 21.9 Å². The maximum atomic E-state index is 10.8. The second-order valence-electron chi connectivity index (χ2n) is 5.01. The first-order chi connectivity index (χ1) is 8.36. The molecule has 6 heteroatoms. The zero-order valence-corrected chi connectivity index (χ0v) is 12.1. The molecule has 0 aromatic carbocycles. The van der Waals surface area contributed by atoms with Crippen molar-refractivity contribution in [2.75, 3.05) is 0 Å². The van der Waals surface area contributed by atoms with Crippen LogP contribution in [0.1, 0.15) is 31.2 Å². The van der Waals surface area contributed by atoms with Crippen LogP contribution in [0.25, 0.3) is 0 Å². The highest BCUT2D eigenvalue weighted by atomic mass is 79.9. The number of aliphatic carboxylic acids is 1. The highest BCUT2D eigenvalue weighted by Gasteiger charge is 2.47. The Hall–Kier alpha value is -0.880. The average Bonchev–Trinajstić information content (AvgIpc) is 2.53. The van der Waals surface area contributed by atoms with E-state index in [0.29, 0.717) is 19.3 Å². The molecule has 100 valence electrons. The molecule has 1 aromatic rings. The van der Waals surface area contributed by atoms with E-state index >= 15 is 0 Å². The van der Waals surface area contributed by atoms with Crippen molar-refractivity contribution in [1.82, 2.24) is 9.78 Å². The van der Waals surface area contributed by atoms with Crippen molar-refractivity contribution in [1.29, 1.82) is 0 Å². The predicted octanol–water partition coefficient (Wildman–Crippen LogP) is 1.74. The molecule has 0 spiro atoms. The van der Waals surface area contributed by atoms with Crippen molar-refractivity contribution < 1.29 is 15.0 Å². The van der Waals surface area contributed by atoms with Crippen LogP contribution in [0.2, 0.25) is 0 Å². The third kappa shape index (κ3) is 2.31. The molecule has 1 heterocycles. The van der Waals surface area contributed by atoms with Crippen molar-refractivity contribution in [3.63, 3.8) is 0 Å². The predicted molar refractivity (Wildman–Crippen MR) is 69.4 cm³/mol. The van der Waals surface area contributed by atoms with Gasteiger partial charge in [0, 0.05) is 13.0 Å². The Morgan fingerprint density at radius 2 is 2.22 bits per heavy atom. The fourth-order valence-electron chi connectivity index (χ4n) is 2.53. The van der Waals surface area contributed by atoms with Crippen LogP contribution in [0.15, 0.2) is 4.47 Å². The van der Waals surface area contributed by atoms with E-state index < -0.39 is 17.5 Å². The number of nitrogens with zero attached hydrogens (tertiary/aromatic N) is 2. The first kappa shape index (κ1) is 13.5. The first-order valence-electron chi connectivity index (χ1n) is 6.03. The molecule has 1 aliphatic carbocycles. The van der Waals surface area contributed by atoms with Crippen LogP contribution < -0.4 is 0 Å². The fourth-order valence-corrected chi connectivity index (χ4v) is 2.95. The van der Waals surface area contributed by atoms with Gasteiger partial charge in [0.1, 0.15) is 0 Å². The van der Waals surface area contributed by atoms with Crippen molar-refractivity contribution in [3.8, 4) is 0 Å². The Bertz CT molecular complexity index is 478. The Morgan fingerprint density at radius 1 is 1.61 bits per heavy atom. The lowest BCUT2D eigenvalue weighted by Gasteiger charge is -2.41. The first-order valence-corrected chi connectivity index (χ1v) is 6.82. The number of carboxylic acids is 1. The number of hydrogen-bond acceptors (Lipinski definition) is 3. The second kappa shape index (κ2) is 4.66. The van der Waals surface area contributed by atoms with Crippen molar-refractivity contribution in [3.05, 3.63) is 15.9 Å². The summed E-state index contributed by atoms with van der Waals surface area (Å²) in [6.07, 6.45) is 1.09. The lowest BCUT2D eigenvalue weighted by molar-refractivity contribution is -0.158. The molecule has 18 heavy (non-hydrogen) atoms. The van der Waals surface area contributed by atoms with E-state index in [4.69, 9.17) is 5.11 Å². The molecule has 1 saturated carbocycles. The van der Waals surface area contributed by atoms with Gasteiger partial charge in [0.15, 0.2) is 0 Å². The molecular formula is C12H17BrN2O3. The van der Waals surface area contributed by atoms with E-state index in [9.17, 15) is 9.90 Å². The summed E-state index contributed by atoms with van der Waals surface area (Å²) < 4.78 is 2.77. The average molecular weight is 317 g/mol. The zero-order chi connectivity index (χ0) is 13.5. The number of aliphatic hydroxyl groups is 1. The summed E-state index contributed by atoms with van der Waals surface area (Å²) in [6.45, 7) is 4.64. The number of aryl methyl sites for hydroxylation is 2. The van der Waals surface area contributed by atoms with Gasteiger partial charge >= 0.3 is 5.97 Å². The molecule has 2 N–H and O–H groups in total. The van der Waals surface area contributed by atoms with Gasteiger partial charge in [0.25, 0.3) is 0 Å². The van der Waals surface area contributed by atoms with Crippen LogP contribution in [-0.4, -0.2) is 31.6 Å². The van der Waals surface area contributed by atoms with E-state index in [1.54, 1.807) is 0 Å². The lowest BCUT2D eigenvalue weighted by Crippen LogP contribution is -2.48. The highest BCUT2D eigenvalue weighted by molar-refractivity contribution is 9.10. The number of aromatic nitrogens is 2. The number of halogens is 1. The van der Waals surface area contributed by atoms with Crippen molar-refractivity contribution in [2.24, 2.45) is 5.92 Å². The molecular weight excluding hydrogens is 300 g/mol. The standard InChI is InChI=1S/C12H17BrN2O3/c1-3-15-9(10(13)7(2)14-15)6-12(18)4-8(5-12)11(16)17/h8,18H,3-6H2,1-2H3,(H,16,17). The summed E-state index contributed by atoms with van der Waals surface area (Å²) in [5, 5.41) is 23.5. The summed E-state index contributed by atoms with van der Waals surface area (Å²) in [5.74, 6) is -1.23. The number of hydrogen-bond donors (Lipinski definition) is 2. The molecule has 5 nitrogen and oxygen atoms in total. The largest absolute Gasteiger partial charge is 0.481 e. The van der Waals surface area contributed by atoms with Crippen LogP contribution in [0.5, 0.6) is 0 Å². The Kier molecular flexibility index (Phi) is 3.51. The minimum absolute atomic E-state index is 0.322. The number of rotatable bonds is 4. The van der Waals surface area contributed by atoms with Gasteiger partial charge in [-0.05, 0) is 42.6 Å². The molecule has 0 atom stereocenters. The van der Waals surface area contributed by atoms with Gasteiger partial charge in [-0.2, -0.15) is 5.10 Å². The van der Waals surface area contributed by atoms with E-state index in [0.717, 1.165) is 22.4 Å². The van der Waals surface area contributed by atoms with Crippen LogP contribution in [0.4, 0.5) is 0 Å². The molecule has 0 radical (unpaired) electrons. The monoisotopic (exact) mass is 316 g/mol. The number of carboxylic acid groups (broad SMARTS) is 1. The summed E-state index contributed by atoms with van der Waals surface area (Å²) in [7, 11) is 0. The Labute approximate surface area is 114 Å². The van der Waals surface area contributed by atoms with Crippen LogP contribution in [0.3, 0.4) is 0 Å². The summed E-state index contributed by atoms with van der Waals surface area (Å²) in [4.78, 5) is 10.8. The van der Waals surface area contributed by atoms with E-state index in [1.807, 2.05) is 18.5 Å². The summed E-state index contributed by atoms with van der Waals surface area (Å²) >= 11 is 3.48. The van der Waals surface area contributed by atoms with E-state index in [2.05, 4.69) is 21.0 Å². The molecule has 0 unspecified atom stereocenters. The van der Waals surface area contributed by atoms with E-state index in [1.165, 1.54) is 0 Å². The molecule has 2 rings (SSSR count). The normalized spacial score (nSPS) is 27.0. The van der Waals surface area contributed by atoms with Gasteiger partial charge in [-0.3, -0.25) is 9.48 Å². The SMILES string of the molecule is CCn1nc(C)c(Br)c1CC1(O)CC(C(=O)O)C1. The van der Waals surface area contributed by atoms with Gasteiger partial charge in [0.05, 0.1) is 27.4 Å². The Balaban J connectivity index is 2.13. The third-order valence-electron chi connectivity index (χ3n) is 3.55. The Morgan fingerprint density at radius 3 is 2.72 bits per heavy atom. The maximum Gasteiger partial charge on any atom is 0.306 e. The van der Waals surface area contributed by atoms with Crippen LogP contribution in [0, 0.1) is 12.8 Å². The lowest BCUT2D eigenvalue weighted by atomic mass is 9.69. The minimum atomic E-state index is -0.898. The summed E-state index contributed by atoms with van der Waals surface area (Å²) in [5.41, 5.74) is 0.941. The smallest absolute Gasteiger partial charge is 0.306 e. The van der Waals surface area contributed by atoms with Gasteiger partial charge in [0.2, 0.25) is 0 Å². The minimum Gasteiger partial charge on any atom is -0.481 e. The van der Waals surface area contributed by atoms with Gasteiger partial charge < -0.3 is 10.2 Å². The van der Waals surface area contributed by atoms with E-state index in [-0.39, 0.29) is 0 Å². The van der Waals surface area contributed by atoms with Gasteiger partial charge in [-0.1, -0.05) is 0 Å². The second-order valence-corrected chi connectivity index (χ2v) is 5.80. The third-order valence-corrected chi connectivity index (χ3v) is 4.58. The van der Waals surface area contributed by atoms with Crippen LogP contribution >= 0.6 is 15.9 Å². The quantitative estimate of drug-likeness (QED) is 0.887. The van der Waals surface area contributed by atoms with Crippen LogP contribution in [-0.2, 0) is 17.8 Å². The molecule has 0 aliphatic heterocycles. The van der Waals surface area contributed by atoms with Crippen molar-refractivity contribution in [2.45, 2.75) is 45.3 Å². The van der Waals surface area contributed by atoms with Gasteiger partial charge in [-0.25, -0.2) is 0 Å². The topological polar surface area (TPSA) is 75.3 Å². The molecule has 1 fully saturated rings.